The highest BCUT2D eigenvalue weighted by molar-refractivity contribution is 5.49. The summed E-state index contributed by atoms with van der Waals surface area (Å²) in [5.41, 5.74) is 9.79. The van der Waals surface area contributed by atoms with Gasteiger partial charge in [-0.15, -0.1) is 0 Å². The molecule has 2 heteroatoms. The van der Waals surface area contributed by atoms with Crippen molar-refractivity contribution in [1.82, 2.24) is 0 Å². The molecule has 1 saturated carbocycles. The fraction of sp³-hybridized carbons (Fsp3) is 0.500. The van der Waals surface area contributed by atoms with E-state index in [9.17, 15) is 0 Å². The van der Waals surface area contributed by atoms with E-state index >= 15 is 0 Å². The van der Waals surface area contributed by atoms with Crippen molar-refractivity contribution in [3.63, 3.8) is 0 Å². The molecule has 2 rings (SSSR count). The zero-order chi connectivity index (χ0) is 10.3. The van der Waals surface area contributed by atoms with Gasteiger partial charge in [0.25, 0.3) is 0 Å². The van der Waals surface area contributed by atoms with Crippen LogP contribution in [-0.4, -0.2) is 7.11 Å². The van der Waals surface area contributed by atoms with E-state index in [0.717, 1.165) is 18.6 Å². The number of hydrogen-bond donors (Lipinski definition) is 1. The molecule has 14 heavy (non-hydrogen) atoms. The average Bonchev–Trinajstić information content (AvgIpc) is 2.82. The topological polar surface area (TPSA) is 35.2 Å². The van der Waals surface area contributed by atoms with E-state index in [0.29, 0.717) is 0 Å². The molecule has 0 bridgehead atoms. The molecular formula is C12H17NO. The summed E-state index contributed by atoms with van der Waals surface area (Å²) in [6.07, 6.45) is 2.15. The van der Waals surface area contributed by atoms with E-state index in [4.69, 9.17) is 10.5 Å². The van der Waals surface area contributed by atoms with Gasteiger partial charge in [0.15, 0.2) is 0 Å². The molecule has 0 unspecified atom stereocenters. The van der Waals surface area contributed by atoms with E-state index < -0.39 is 0 Å². The minimum atomic E-state index is -0.108. The lowest BCUT2D eigenvalue weighted by atomic mass is 9.97. The second kappa shape index (κ2) is 2.99. The summed E-state index contributed by atoms with van der Waals surface area (Å²) in [4.78, 5) is 0. The Balaban J connectivity index is 2.56. The Morgan fingerprint density at radius 2 is 1.93 bits per heavy atom. The SMILES string of the molecule is COc1cc(C)cc(C)c1C1(N)CC1. The maximum atomic E-state index is 6.22. The molecule has 0 aromatic heterocycles. The van der Waals surface area contributed by atoms with Crippen LogP contribution in [0.1, 0.15) is 29.5 Å². The van der Waals surface area contributed by atoms with E-state index in [1.54, 1.807) is 7.11 Å². The standard InChI is InChI=1S/C12H17NO/c1-8-6-9(2)11(10(7-8)14-3)12(13)4-5-12/h6-7H,4-5,13H2,1-3H3. The molecule has 1 fully saturated rings. The fourth-order valence-electron chi connectivity index (χ4n) is 2.11. The third-order valence-corrected chi connectivity index (χ3v) is 2.95. The van der Waals surface area contributed by atoms with Gasteiger partial charge in [0.2, 0.25) is 0 Å². The Bertz CT molecular complexity index is 367. The minimum absolute atomic E-state index is 0.108. The van der Waals surface area contributed by atoms with Crippen molar-refractivity contribution in [2.75, 3.05) is 7.11 Å². The molecule has 1 aliphatic rings. The third kappa shape index (κ3) is 1.40. The van der Waals surface area contributed by atoms with Crippen LogP contribution in [-0.2, 0) is 5.54 Å². The maximum Gasteiger partial charge on any atom is 0.124 e. The van der Waals surface area contributed by atoms with Gasteiger partial charge in [-0.25, -0.2) is 0 Å². The van der Waals surface area contributed by atoms with Crippen LogP contribution in [0, 0.1) is 13.8 Å². The lowest BCUT2D eigenvalue weighted by Gasteiger charge is -2.18. The summed E-state index contributed by atoms with van der Waals surface area (Å²) in [5, 5.41) is 0. The largest absolute Gasteiger partial charge is 0.496 e. The average molecular weight is 191 g/mol. The molecule has 76 valence electrons. The van der Waals surface area contributed by atoms with Crippen molar-refractivity contribution in [2.24, 2.45) is 5.73 Å². The highest BCUT2D eigenvalue weighted by Gasteiger charge is 2.43. The van der Waals surface area contributed by atoms with Gasteiger partial charge in [-0.3, -0.25) is 0 Å². The van der Waals surface area contributed by atoms with Gasteiger partial charge < -0.3 is 10.5 Å². The lowest BCUT2D eigenvalue weighted by Crippen LogP contribution is -2.21. The van der Waals surface area contributed by atoms with Crippen LogP contribution in [0.25, 0.3) is 0 Å². The highest BCUT2D eigenvalue weighted by atomic mass is 16.5. The molecule has 0 radical (unpaired) electrons. The van der Waals surface area contributed by atoms with Gasteiger partial charge in [0, 0.05) is 11.1 Å². The van der Waals surface area contributed by atoms with Crippen molar-refractivity contribution in [2.45, 2.75) is 32.2 Å². The van der Waals surface area contributed by atoms with Crippen molar-refractivity contribution >= 4 is 0 Å². The highest BCUT2D eigenvalue weighted by Crippen LogP contribution is 2.48. The van der Waals surface area contributed by atoms with Crippen molar-refractivity contribution in [1.29, 1.82) is 0 Å². The molecule has 1 aromatic carbocycles. The van der Waals surface area contributed by atoms with Crippen LogP contribution < -0.4 is 10.5 Å². The minimum Gasteiger partial charge on any atom is -0.496 e. The van der Waals surface area contributed by atoms with E-state index in [1.807, 2.05) is 0 Å². The first kappa shape index (κ1) is 9.53. The molecule has 0 atom stereocenters. The van der Waals surface area contributed by atoms with Crippen LogP contribution in [0.2, 0.25) is 0 Å². The van der Waals surface area contributed by atoms with Gasteiger partial charge in [0.05, 0.1) is 7.11 Å². The second-order valence-electron chi connectivity index (χ2n) is 4.32. The molecule has 2 nitrogen and oxygen atoms in total. The van der Waals surface area contributed by atoms with Crippen LogP contribution >= 0.6 is 0 Å². The molecule has 2 N–H and O–H groups in total. The molecular weight excluding hydrogens is 174 g/mol. The molecule has 0 aliphatic heterocycles. The second-order valence-corrected chi connectivity index (χ2v) is 4.32. The maximum absolute atomic E-state index is 6.22. The summed E-state index contributed by atoms with van der Waals surface area (Å²) in [5.74, 6) is 0.947. The Hall–Kier alpha value is -1.02. The van der Waals surface area contributed by atoms with Crippen LogP contribution in [0.15, 0.2) is 12.1 Å². The fourth-order valence-corrected chi connectivity index (χ4v) is 2.11. The number of rotatable bonds is 2. The summed E-state index contributed by atoms with van der Waals surface area (Å²) < 4.78 is 5.39. The van der Waals surface area contributed by atoms with Crippen molar-refractivity contribution < 1.29 is 4.74 Å². The normalized spacial score (nSPS) is 18.0. The molecule has 0 amide bonds. The van der Waals surface area contributed by atoms with Gasteiger partial charge in [-0.1, -0.05) is 6.07 Å². The number of ether oxygens (including phenoxy) is 1. The van der Waals surface area contributed by atoms with E-state index in [1.165, 1.54) is 16.7 Å². The lowest BCUT2D eigenvalue weighted by molar-refractivity contribution is 0.403. The molecule has 0 heterocycles. The van der Waals surface area contributed by atoms with Crippen molar-refractivity contribution in [3.8, 4) is 5.75 Å². The van der Waals surface area contributed by atoms with Gasteiger partial charge in [-0.2, -0.15) is 0 Å². The molecule has 1 aromatic rings. The summed E-state index contributed by atoms with van der Waals surface area (Å²) in [6.45, 7) is 4.19. The van der Waals surface area contributed by atoms with Crippen LogP contribution in [0.3, 0.4) is 0 Å². The zero-order valence-electron chi connectivity index (χ0n) is 9.05. The molecule has 0 spiro atoms. The van der Waals surface area contributed by atoms with Gasteiger partial charge in [0.1, 0.15) is 5.75 Å². The third-order valence-electron chi connectivity index (χ3n) is 2.95. The predicted octanol–water partition coefficient (Wildman–Crippen LogP) is 2.26. The van der Waals surface area contributed by atoms with Gasteiger partial charge >= 0.3 is 0 Å². The number of methoxy groups -OCH3 is 1. The summed E-state index contributed by atoms with van der Waals surface area (Å²) >= 11 is 0. The number of nitrogens with two attached hydrogens (primary N) is 1. The summed E-state index contributed by atoms with van der Waals surface area (Å²) in [7, 11) is 1.71. The van der Waals surface area contributed by atoms with E-state index in [2.05, 4.69) is 26.0 Å². The number of benzene rings is 1. The molecule has 0 saturated heterocycles. The first-order valence-electron chi connectivity index (χ1n) is 5.01. The number of hydrogen-bond acceptors (Lipinski definition) is 2. The van der Waals surface area contributed by atoms with E-state index in [-0.39, 0.29) is 5.54 Å². The van der Waals surface area contributed by atoms with Gasteiger partial charge in [-0.05, 0) is 43.9 Å². The monoisotopic (exact) mass is 191 g/mol. The van der Waals surface area contributed by atoms with Crippen molar-refractivity contribution in [3.05, 3.63) is 28.8 Å². The van der Waals surface area contributed by atoms with Crippen LogP contribution in [0.5, 0.6) is 5.75 Å². The quantitative estimate of drug-likeness (QED) is 0.778. The smallest absolute Gasteiger partial charge is 0.124 e. The summed E-state index contributed by atoms with van der Waals surface area (Å²) in [6, 6.07) is 4.24. The number of aryl methyl sites for hydroxylation is 2. The molecule has 1 aliphatic carbocycles. The van der Waals surface area contributed by atoms with Crippen LogP contribution in [0.4, 0.5) is 0 Å². The first-order chi connectivity index (χ1) is 6.57. The Labute approximate surface area is 85.1 Å². The Morgan fingerprint density at radius 3 is 2.43 bits per heavy atom. The zero-order valence-corrected chi connectivity index (χ0v) is 9.05. The predicted molar refractivity (Wildman–Crippen MR) is 57.6 cm³/mol. The Morgan fingerprint density at radius 1 is 1.29 bits per heavy atom. The first-order valence-corrected chi connectivity index (χ1v) is 5.01. The Kier molecular flexibility index (Phi) is 2.04.